The van der Waals surface area contributed by atoms with Crippen LogP contribution in [-0.2, 0) is 16.6 Å². The number of amides is 2. The third-order valence-electron chi connectivity index (χ3n) is 7.31. The molecule has 0 radical (unpaired) electrons. The van der Waals surface area contributed by atoms with Crippen LogP contribution < -0.4 is 21.2 Å². The van der Waals surface area contributed by atoms with Gasteiger partial charge in [0.1, 0.15) is 6.04 Å². The number of carbonyl (C=O) groups is 2. The second-order valence-corrected chi connectivity index (χ2v) is 9.33. The van der Waals surface area contributed by atoms with Crippen LogP contribution in [0.15, 0.2) is 23.0 Å². The molecule has 1 aromatic carbocycles. The van der Waals surface area contributed by atoms with E-state index in [1.165, 1.54) is 19.4 Å². The fourth-order valence-corrected chi connectivity index (χ4v) is 5.40. The van der Waals surface area contributed by atoms with Crippen LogP contribution in [0.1, 0.15) is 31.7 Å². The van der Waals surface area contributed by atoms with E-state index in [2.05, 4.69) is 26.5 Å². The number of piperidine rings is 2. The molecule has 3 aliphatic rings. The van der Waals surface area contributed by atoms with Gasteiger partial charge in [-0.3, -0.25) is 28.9 Å². The molecule has 5 rings (SSSR count). The highest BCUT2D eigenvalue weighted by Crippen LogP contribution is 2.27. The minimum atomic E-state index is -0.652. The SMILES string of the molecule is Cn1c(=O)n(C2CCC(=O)NC2=O)c2cc(N3CCN(CC4CCNCC4)CC3)ccc21. The Hall–Kier alpha value is -2.65. The average molecular weight is 441 g/mol. The molecular formula is C23H32N6O3. The van der Waals surface area contributed by atoms with Gasteiger partial charge in [-0.05, 0) is 56.5 Å². The largest absolute Gasteiger partial charge is 0.369 e. The maximum Gasteiger partial charge on any atom is 0.329 e. The Morgan fingerprint density at radius 3 is 2.44 bits per heavy atom. The summed E-state index contributed by atoms with van der Waals surface area (Å²) in [4.78, 5) is 42.0. The number of anilines is 1. The first-order valence-corrected chi connectivity index (χ1v) is 11.7. The zero-order chi connectivity index (χ0) is 22.2. The Morgan fingerprint density at radius 1 is 0.969 bits per heavy atom. The summed E-state index contributed by atoms with van der Waals surface area (Å²) < 4.78 is 3.15. The second-order valence-electron chi connectivity index (χ2n) is 9.33. The van der Waals surface area contributed by atoms with Gasteiger partial charge in [-0.15, -0.1) is 0 Å². The molecule has 172 valence electrons. The monoisotopic (exact) mass is 440 g/mol. The smallest absolute Gasteiger partial charge is 0.329 e. The highest BCUT2D eigenvalue weighted by molar-refractivity contribution is 6.00. The Labute approximate surface area is 187 Å². The van der Waals surface area contributed by atoms with Crippen molar-refractivity contribution in [3.63, 3.8) is 0 Å². The molecule has 2 aromatic rings. The van der Waals surface area contributed by atoms with Crippen molar-refractivity contribution in [1.29, 1.82) is 0 Å². The number of piperazine rings is 1. The Morgan fingerprint density at radius 2 is 1.72 bits per heavy atom. The number of fused-ring (bicyclic) bond motifs is 1. The molecule has 0 saturated carbocycles. The van der Waals surface area contributed by atoms with Gasteiger partial charge >= 0.3 is 5.69 Å². The third kappa shape index (κ3) is 3.95. The molecule has 0 spiro atoms. The molecule has 3 fully saturated rings. The number of hydrogen-bond donors (Lipinski definition) is 2. The van der Waals surface area contributed by atoms with Crippen LogP contribution >= 0.6 is 0 Å². The summed E-state index contributed by atoms with van der Waals surface area (Å²) in [7, 11) is 1.73. The van der Waals surface area contributed by atoms with E-state index in [4.69, 9.17) is 0 Å². The molecule has 2 N–H and O–H groups in total. The second kappa shape index (κ2) is 8.71. The van der Waals surface area contributed by atoms with Crippen LogP contribution in [0.5, 0.6) is 0 Å². The van der Waals surface area contributed by atoms with Crippen LogP contribution in [0, 0.1) is 5.92 Å². The van der Waals surface area contributed by atoms with Crippen LogP contribution in [0.3, 0.4) is 0 Å². The number of benzene rings is 1. The number of imidazole rings is 1. The van der Waals surface area contributed by atoms with E-state index in [-0.39, 0.29) is 18.0 Å². The molecule has 9 heteroatoms. The van der Waals surface area contributed by atoms with E-state index in [1.54, 1.807) is 16.2 Å². The highest BCUT2D eigenvalue weighted by atomic mass is 16.2. The summed E-state index contributed by atoms with van der Waals surface area (Å²) in [6, 6.07) is 5.42. The lowest BCUT2D eigenvalue weighted by atomic mass is 9.97. The zero-order valence-electron chi connectivity index (χ0n) is 18.7. The topological polar surface area (TPSA) is 91.6 Å². The Bertz CT molecular complexity index is 1080. The van der Waals surface area contributed by atoms with Gasteiger partial charge in [-0.1, -0.05) is 0 Å². The van der Waals surface area contributed by atoms with Crippen LogP contribution in [0.2, 0.25) is 0 Å². The van der Waals surface area contributed by atoms with Gasteiger partial charge in [0.05, 0.1) is 11.0 Å². The quantitative estimate of drug-likeness (QED) is 0.671. The zero-order valence-corrected chi connectivity index (χ0v) is 18.7. The molecular weight excluding hydrogens is 408 g/mol. The van der Waals surface area contributed by atoms with Crippen LogP contribution in [0.25, 0.3) is 11.0 Å². The van der Waals surface area contributed by atoms with E-state index >= 15 is 0 Å². The van der Waals surface area contributed by atoms with Crippen molar-refractivity contribution in [2.24, 2.45) is 13.0 Å². The standard InChI is InChI=1S/C23H32N6O3/c1-26-18-3-2-17(28-12-10-27(11-13-28)15-16-6-8-24-9-7-16)14-20(18)29(23(26)32)19-4-5-21(30)25-22(19)31/h2-3,14,16,19,24H,4-13,15H2,1H3,(H,25,30,31). The molecule has 9 nitrogen and oxygen atoms in total. The van der Waals surface area contributed by atoms with Crippen LogP contribution in [0.4, 0.5) is 5.69 Å². The molecule has 3 saturated heterocycles. The number of rotatable bonds is 4. The number of aryl methyl sites for hydroxylation is 1. The highest BCUT2D eigenvalue weighted by Gasteiger charge is 2.31. The third-order valence-corrected chi connectivity index (χ3v) is 7.31. The summed E-state index contributed by atoms with van der Waals surface area (Å²) in [5.41, 5.74) is 2.40. The Kier molecular flexibility index (Phi) is 5.77. The number of carbonyl (C=O) groups excluding carboxylic acids is 2. The lowest BCUT2D eigenvalue weighted by molar-refractivity contribution is -0.135. The number of hydrogen-bond acceptors (Lipinski definition) is 6. The number of imide groups is 1. The van der Waals surface area contributed by atoms with Gasteiger partial charge in [0.15, 0.2) is 0 Å². The fourth-order valence-electron chi connectivity index (χ4n) is 5.40. The van der Waals surface area contributed by atoms with Crippen molar-refractivity contribution in [2.45, 2.75) is 31.7 Å². The van der Waals surface area contributed by atoms with E-state index in [0.29, 0.717) is 6.42 Å². The molecule has 3 aliphatic heterocycles. The fraction of sp³-hybridized carbons (Fsp3) is 0.609. The summed E-state index contributed by atoms with van der Waals surface area (Å²) in [6.07, 6.45) is 3.13. The predicted molar refractivity (Wildman–Crippen MR) is 123 cm³/mol. The molecule has 0 aliphatic carbocycles. The van der Waals surface area contributed by atoms with E-state index in [9.17, 15) is 14.4 Å². The van der Waals surface area contributed by atoms with Gasteiger partial charge in [0.25, 0.3) is 0 Å². The van der Waals surface area contributed by atoms with Crippen molar-refractivity contribution in [1.82, 2.24) is 24.7 Å². The molecule has 1 aromatic heterocycles. The minimum absolute atomic E-state index is 0.224. The van der Waals surface area contributed by atoms with Crippen molar-refractivity contribution < 1.29 is 9.59 Å². The normalized spacial score (nSPS) is 23.7. The minimum Gasteiger partial charge on any atom is -0.369 e. The lowest BCUT2D eigenvalue weighted by Gasteiger charge is -2.38. The van der Waals surface area contributed by atoms with Gasteiger partial charge in [-0.2, -0.15) is 0 Å². The lowest BCUT2D eigenvalue weighted by Crippen LogP contribution is -2.48. The van der Waals surface area contributed by atoms with E-state index in [0.717, 1.165) is 61.9 Å². The van der Waals surface area contributed by atoms with Gasteiger partial charge in [-0.25, -0.2) is 4.79 Å². The van der Waals surface area contributed by atoms with Crippen molar-refractivity contribution >= 4 is 28.5 Å². The first-order chi connectivity index (χ1) is 15.5. The van der Waals surface area contributed by atoms with Crippen molar-refractivity contribution in [3.05, 3.63) is 28.7 Å². The van der Waals surface area contributed by atoms with E-state index < -0.39 is 11.9 Å². The van der Waals surface area contributed by atoms with Crippen molar-refractivity contribution in [2.75, 3.05) is 50.7 Å². The summed E-state index contributed by atoms with van der Waals surface area (Å²) >= 11 is 0. The maximum absolute atomic E-state index is 13.0. The maximum atomic E-state index is 13.0. The number of aromatic nitrogens is 2. The van der Waals surface area contributed by atoms with Crippen LogP contribution in [-0.4, -0.2) is 71.7 Å². The average Bonchev–Trinajstić information content (AvgIpc) is 3.05. The van der Waals surface area contributed by atoms with Gasteiger partial charge in [0, 0.05) is 51.9 Å². The van der Waals surface area contributed by atoms with E-state index in [1.807, 2.05) is 12.1 Å². The molecule has 4 heterocycles. The number of nitrogens with one attached hydrogen (secondary N) is 2. The number of nitrogens with zero attached hydrogens (tertiary/aromatic N) is 4. The first-order valence-electron chi connectivity index (χ1n) is 11.7. The van der Waals surface area contributed by atoms with Gasteiger partial charge in [0.2, 0.25) is 11.8 Å². The molecule has 1 atom stereocenters. The van der Waals surface area contributed by atoms with Gasteiger partial charge < -0.3 is 10.2 Å². The molecule has 32 heavy (non-hydrogen) atoms. The Balaban J connectivity index is 1.35. The van der Waals surface area contributed by atoms with Crippen molar-refractivity contribution in [3.8, 4) is 0 Å². The summed E-state index contributed by atoms with van der Waals surface area (Å²) in [6.45, 7) is 7.43. The first kappa shape index (κ1) is 21.2. The summed E-state index contributed by atoms with van der Waals surface area (Å²) in [5, 5.41) is 5.82. The molecule has 1 unspecified atom stereocenters. The molecule has 2 amide bonds. The molecule has 0 bridgehead atoms. The summed E-state index contributed by atoms with van der Waals surface area (Å²) in [5.74, 6) is 0.127. The predicted octanol–water partition coefficient (Wildman–Crippen LogP) is 0.439.